The summed E-state index contributed by atoms with van der Waals surface area (Å²) in [5.74, 6) is 0.852. The van der Waals surface area contributed by atoms with Gasteiger partial charge in [-0.15, -0.1) is 0 Å². The summed E-state index contributed by atoms with van der Waals surface area (Å²) >= 11 is 0. The molecule has 1 saturated heterocycles. The number of aliphatic hydroxyl groups is 1. The van der Waals surface area contributed by atoms with Gasteiger partial charge in [0, 0.05) is 19.2 Å². The molecule has 0 bridgehead atoms. The molecule has 21 heavy (non-hydrogen) atoms. The zero-order valence-corrected chi connectivity index (χ0v) is 12.3. The molecule has 0 saturated carbocycles. The number of hydrogen-bond acceptors (Lipinski definition) is 5. The number of piperidine rings is 1. The van der Waals surface area contributed by atoms with Crippen LogP contribution in [0.5, 0.6) is 5.75 Å². The van der Waals surface area contributed by atoms with E-state index in [0.29, 0.717) is 18.3 Å². The lowest BCUT2D eigenvalue weighted by Gasteiger charge is -2.33. The molecule has 1 fully saturated rings. The number of likely N-dealkylation sites (tertiary alicyclic amines) is 1. The van der Waals surface area contributed by atoms with Crippen LogP contribution >= 0.6 is 0 Å². The maximum absolute atomic E-state index is 10.7. The third-order valence-corrected chi connectivity index (χ3v) is 3.93. The Balaban J connectivity index is 1.79. The molecular weight excluding hydrogens is 272 g/mol. The zero-order chi connectivity index (χ0) is 15.2. The standard InChI is InChI=1S/C15H22N2O4/c1-12(18)13-4-3-7-16(11-13)8-9-21-15-6-2-5-14(10-15)17(19)20/h2,5-6,10,12-13,18H,3-4,7-9,11H2,1H3. The maximum Gasteiger partial charge on any atom is 0.273 e. The Kier molecular flexibility index (Phi) is 5.52. The first kappa shape index (κ1) is 15.7. The van der Waals surface area contributed by atoms with Crippen molar-refractivity contribution in [3.8, 4) is 5.75 Å². The molecule has 2 atom stereocenters. The van der Waals surface area contributed by atoms with Gasteiger partial charge in [-0.2, -0.15) is 0 Å². The van der Waals surface area contributed by atoms with Crippen molar-refractivity contribution in [3.05, 3.63) is 34.4 Å². The van der Waals surface area contributed by atoms with Crippen molar-refractivity contribution in [1.82, 2.24) is 4.90 Å². The van der Waals surface area contributed by atoms with E-state index in [4.69, 9.17) is 4.74 Å². The molecule has 1 aromatic carbocycles. The molecular formula is C15H22N2O4. The largest absolute Gasteiger partial charge is 0.492 e. The van der Waals surface area contributed by atoms with Gasteiger partial charge in [-0.25, -0.2) is 0 Å². The van der Waals surface area contributed by atoms with Crippen LogP contribution in [0.15, 0.2) is 24.3 Å². The third kappa shape index (κ3) is 4.68. The number of ether oxygens (including phenoxy) is 1. The van der Waals surface area contributed by atoms with Gasteiger partial charge in [0.25, 0.3) is 5.69 Å². The number of nitro groups is 1. The van der Waals surface area contributed by atoms with Crippen molar-refractivity contribution in [2.75, 3.05) is 26.2 Å². The molecule has 1 aliphatic rings. The van der Waals surface area contributed by atoms with Crippen LogP contribution in [0, 0.1) is 16.0 Å². The van der Waals surface area contributed by atoms with E-state index in [1.54, 1.807) is 12.1 Å². The van der Waals surface area contributed by atoms with E-state index < -0.39 is 4.92 Å². The molecule has 1 heterocycles. The molecule has 0 spiro atoms. The predicted octanol–water partition coefficient (Wildman–Crippen LogP) is 2.07. The van der Waals surface area contributed by atoms with Crippen LogP contribution in [0.2, 0.25) is 0 Å². The third-order valence-electron chi connectivity index (χ3n) is 3.93. The van der Waals surface area contributed by atoms with E-state index >= 15 is 0 Å². The van der Waals surface area contributed by atoms with Crippen LogP contribution in [0.4, 0.5) is 5.69 Å². The molecule has 0 amide bonds. The molecule has 2 rings (SSSR count). The molecule has 1 N–H and O–H groups in total. The summed E-state index contributed by atoms with van der Waals surface area (Å²) < 4.78 is 5.59. The Bertz CT molecular complexity index is 478. The fourth-order valence-corrected chi connectivity index (χ4v) is 2.67. The van der Waals surface area contributed by atoms with Crippen molar-refractivity contribution in [2.45, 2.75) is 25.9 Å². The highest BCUT2D eigenvalue weighted by Crippen LogP contribution is 2.21. The predicted molar refractivity (Wildman–Crippen MR) is 79.4 cm³/mol. The Morgan fingerprint density at radius 1 is 1.57 bits per heavy atom. The second kappa shape index (κ2) is 7.38. The second-order valence-corrected chi connectivity index (χ2v) is 5.55. The second-order valence-electron chi connectivity index (χ2n) is 5.55. The minimum absolute atomic E-state index is 0.0413. The normalized spacial score (nSPS) is 21.0. The highest BCUT2D eigenvalue weighted by atomic mass is 16.6. The highest BCUT2D eigenvalue weighted by Gasteiger charge is 2.23. The minimum Gasteiger partial charge on any atom is -0.492 e. The van der Waals surface area contributed by atoms with Crippen LogP contribution in [-0.4, -0.2) is 47.3 Å². The molecule has 6 nitrogen and oxygen atoms in total. The quantitative estimate of drug-likeness (QED) is 0.642. The first-order chi connectivity index (χ1) is 10.1. The van der Waals surface area contributed by atoms with Crippen molar-refractivity contribution in [3.63, 3.8) is 0 Å². The fourth-order valence-electron chi connectivity index (χ4n) is 2.67. The summed E-state index contributed by atoms with van der Waals surface area (Å²) in [6.45, 7) is 5.00. The molecule has 0 aromatic heterocycles. The van der Waals surface area contributed by atoms with Crippen molar-refractivity contribution in [1.29, 1.82) is 0 Å². The number of non-ortho nitro benzene ring substituents is 1. The summed E-state index contributed by atoms with van der Waals surface area (Å²) in [6, 6.07) is 6.24. The van der Waals surface area contributed by atoms with Crippen LogP contribution < -0.4 is 4.74 Å². The van der Waals surface area contributed by atoms with Crippen LogP contribution in [-0.2, 0) is 0 Å². The number of benzene rings is 1. The Morgan fingerprint density at radius 3 is 3.10 bits per heavy atom. The van der Waals surface area contributed by atoms with Crippen LogP contribution in [0.25, 0.3) is 0 Å². The van der Waals surface area contributed by atoms with Gasteiger partial charge in [0.2, 0.25) is 0 Å². The number of nitro benzene ring substituents is 1. The van der Waals surface area contributed by atoms with Crippen LogP contribution in [0.3, 0.4) is 0 Å². The van der Waals surface area contributed by atoms with Gasteiger partial charge in [0.1, 0.15) is 12.4 Å². The molecule has 116 valence electrons. The van der Waals surface area contributed by atoms with Gasteiger partial charge >= 0.3 is 0 Å². The van der Waals surface area contributed by atoms with Crippen molar-refractivity contribution in [2.24, 2.45) is 5.92 Å². The van der Waals surface area contributed by atoms with Gasteiger partial charge in [-0.1, -0.05) is 6.07 Å². The minimum atomic E-state index is -0.426. The van der Waals surface area contributed by atoms with Gasteiger partial charge in [0.05, 0.1) is 17.1 Å². The van der Waals surface area contributed by atoms with Crippen LogP contribution in [0.1, 0.15) is 19.8 Å². The summed E-state index contributed by atoms with van der Waals surface area (Å²) in [5, 5.41) is 20.4. The smallest absolute Gasteiger partial charge is 0.273 e. The van der Waals surface area contributed by atoms with Crippen molar-refractivity contribution < 1.29 is 14.8 Å². The average Bonchev–Trinajstić information content (AvgIpc) is 2.48. The average molecular weight is 294 g/mol. The van der Waals surface area contributed by atoms with E-state index in [2.05, 4.69) is 4.90 Å². The lowest BCUT2D eigenvalue weighted by Crippen LogP contribution is -2.41. The van der Waals surface area contributed by atoms with E-state index in [1.165, 1.54) is 12.1 Å². The first-order valence-corrected chi connectivity index (χ1v) is 7.34. The monoisotopic (exact) mass is 294 g/mol. The summed E-state index contributed by atoms with van der Waals surface area (Å²) in [6.07, 6.45) is 1.89. The number of hydrogen-bond donors (Lipinski definition) is 1. The molecule has 1 aromatic rings. The van der Waals surface area contributed by atoms with E-state index in [9.17, 15) is 15.2 Å². The maximum atomic E-state index is 10.7. The van der Waals surface area contributed by atoms with Gasteiger partial charge in [0.15, 0.2) is 0 Å². The first-order valence-electron chi connectivity index (χ1n) is 7.34. The highest BCUT2D eigenvalue weighted by molar-refractivity contribution is 5.37. The molecule has 0 radical (unpaired) electrons. The van der Waals surface area contributed by atoms with Gasteiger partial charge < -0.3 is 9.84 Å². The summed E-state index contributed by atoms with van der Waals surface area (Å²) in [5.41, 5.74) is 0.0413. The summed E-state index contributed by atoms with van der Waals surface area (Å²) in [4.78, 5) is 12.5. The van der Waals surface area contributed by atoms with E-state index in [-0.39, 0.29) is 11.8 Å². The zero-order valence-electron chi connectivity index (χ0n) is 12.3. The molecule has 0 aliphatic carbocycles. The Labute approximate surface area is 124 Å². The van der Waals surface area contributed by atoms with Gasteiger partial charge in [-0.3, -0.25) is 15.0 Å². The topological polar surface area (TPSA) is 75.8 Å². The Morgan fingerprint density at radius 2 is 2.38 bits per heavy atom. The van der Waals surface area contributed by atoms with Gasteiger partial charge in [-0.05, 0) is 38.3 Å². The molecule has 2 unspecified atom stereocenters. The number of nitrogens with zero attached hydrogens (tertiary/aromatic N) is 2. The number of aliphatic hydroxyl groups excluding tert-OH is 1. The molecule has 1 aliphatic heterocycles. The lowest BCUT2D eigenvalue weighted by atomic mass is 9.93. The Hall–Kier alpha value is -1.66. The lowest BCUT2D eigenvalue weighted by molar-refractivity contribution is -0.384. The SMILES string of the molecule is CC(O)C1CCCN(CCOc2cccc([N+](=O)[O-])c2)C1. The fraction of sp³-hybridized carbons (Fsp3) is 0.600. The van der Waals surface area contributed by atoms with E-state index in [1.807, 2.05) is 6.92 Å². The number of rotatable bonds is 6. The molecule has 6 heteroatoms. The summed E-state index contributed by atoms with van der Waals surface area (Å²) in [7, 11) is 0. The van der Waals surface area contributed by atoms with Crippen molar-refractivity contribution >= 4 is 5.69 Å². The van der Waals surface area contributed by atoms with E-state index in [0.717, 1.165) is 32.5 Å².